The number of nitrogens with one attached hydrogen (secondary N) is 1. The van der Waals surface area contributed by atoms with E-state index in [9.17, 15) is 9.59 Å². The number of amides is 1. The van der Waals surface area contributed by atoms with Crippen LogP contribution in [-0.4, -0.2) is 51.2 Å². The van der Waals surface area contributed by atoms with Crippen LogP contribution in [0.1, 0.15) is 44.1 Å². The summed E-state index contributed by atoms with van der Waals surface area (Å²) >= 11 is 0. The van der Waals surface area contributed by atoms with E-state index in [1.54, 1.807) is 6.92 Å². The lowest BCUT2D eigenvalue weighted by molar-refractivity contribution is -0.144. The average molecular weight is 268 g/mol. The molecular formula is C12H20N4O3. The van der Waals surface area contributed by atoms with E-state index in [0.717, 1.165) is 0 Å². The van der Waals surface area contributed by atoms with E-state index in [-0.39, 0.29) is 24.3 Å². The van der Waals surface area contributed by atoms with Gasteiger partial charge in [-0.05, 0) is 20.8 Å². The first-order chi connectivity index (χ1) is 8.99. The Balaban J connectivity index is 2.80. The molecule has 0 saturated carbocycles. The molecule has 0 radical (unpaired) electrons. The van der Waals surface area contributed by atoms with Gasteiger partial charge in [0.1, 0.15) is 12.4 Å². The quantitative estimate of drug-likeness (QED) is 0.770. The molecule has 0 spiro atoms. The van der Waals surface area contributed by atoms with Crippen LogP contribution >= 0.6 is 0 Å². The minimum absolute atomic E-state index is 0.0786. The highest BCUT2D eigenvalue weighted by Gasteiger charge is 2.25. The van der Waals surface area contributed by atoms with E-state index in [0.29, 0.717) is 18.9 Å². The van der Waals surface area contributed by atoms with Gasteiger partial charge >= 0.3 is 5.97 Å². The second-order valence-electron chi connectivity index (χ2n) is 4.29. The zero-order valence-corrected chi connectivity index (χ0v) is 11.8. The fraction of sp³-hybridized carbons (Fsp3) is 0.667. The van der Waals surface area contributed by atoms with Gasteiger partial charge in [-0.3, -0.25) is 14.7 Å². The molecule has 1 aromatic heterocycles. The number of aromatic amines is 1. The highest BCUT2D eigenvalue weighted by Crippen LogP contribution is 2.05. The van der Waals surface area contributed by atoms with Crippen molar-refractivity contribution in [3.63, 3.8) is 0 Å². The third-order valence-electron chi connectivity index (χ3n) is 2.55. The van der Waals surface area contributed by atoms with Crippen molar-refractivity contribution >= 4 is 11.9 Å². The van der Waals surface area contributed by atoms with Crippen LogP contribution < -0.4 is 0 Å². The van der Waals surface area contributed by atoms with Crippen LogP contribution in [0.5, 0.6) is 0 Å². The summed E-state index contributed by atoms with van der Waals surface area (Å²) < 4.78 is 4.85. The maximum Gasteiger partial charge on any atom is 0.325 e. The SMILES string of the molecule is CCOC(=O)CN(C(=O)c1n[nH]c(CC)n1)C(C)C. The summed E-state index contributed by atoms with van der Waals surface area (Å²) in [6.07, 6.45) is 0.667. The van der Waals surface area contributed by atoms with Crippen molar-refractivity contribution in [2.45, 2.75) is 40.2 Å². The van der Waals surface area contributed by atoms with Crippen LogP contribution in [0.2, 0.25) is 0 Å². The average Bonchev–Trinajstić information content (AvgIpc) is 2.84. The summed E-state index contributed by atoms with van der Waals surface area (Å²) in [7, 11) is 0. The van der Waals surface area contributed by atoms with Crippen molar-refractivity contribution in [3.05, 3.63) is 11.6 Å². The van der Waals surface area contributed by atoms with E-state index in [2.05, 4.69) is 15.2 Å². The molecule has 0 saturated heterocycles. The third-order valence-corrected chi connectivity index (χ3v) is 2.55. The van der Waals surface area contributed by atoms with Gasteiger partial charge in [0.15, 0.2) is 0 Å². The molecule has 0 fully saturated rings. The number of aromatic nitrogens is 3. The Hall–Kier alpha value is -1.92. The molecule has 0 aliphatic carbocycles. The normalized spacial score (nSPS) is 10.6. The minimum Gasteiger partial charge on any atom is -0.465 e. The van der Waals surface area contributed by atoms with Crippen molar-refractivity contribution in [1.29, 1.82) is 0 Å². The second-order valence-corrected chi connectivity index (χ2v) is 4.29. The Morgan fingerprint density at radius 2 is 2.05 bits per heavy atom. The number of nitrogens with zero attached hydrogens (tertiary/aromatic N) is 3. The van der Waals surface area contributed by atoms with E-state index in [4.69, 9.17) is 4.74 Å². The molecule has 19 heavy (non-hydrogen) atoms. The molecule has 106 valence electrons. The number of carbonyl (C=O) groups excluding carboxylic acids is 2. The first kappa shape index (κ1) is 15.1. The molecule has 1 rings (SSSR count). The third kappa shape index (κ3) is 4.04. The summed E-state index contributed by atoms with van der Waals surface area (Å²) in [5.41, 5.74) is 0. The maximum atomic E-state index is 12.2. The summed E-state index contributed by atoms with van der Waals surface area (Å²) in [5, 5.41) is 6.55. The molecule has 0 unspecified atom stereocenters. The van der Waals surface area contributed by atoms with Crippen LogP contribution in [0, 0.1) is 0 Å². The van der Waals surface area contributed by atoms with Gasteiger partial charge in [0.05, 0.1) is 6.61 Å². The first-order valence-electron chi connectivity index (χ1n) is 6.37. The zero-order chi connectivity index (χ0) is 14.4. The highest BCUT2D eigenvalue weighted by atomic mass is 16.5. The Bertz CT molecular complexity index is 442. The molecular weight excluding hydrogens is 248 g/mol. The molecule has 0 aromatic carbocycles. The molecule has 0 bridgehead atoms. The van der Waals surface area contributed by atoms with Crippen molar-refractivity contribution in [1.82, 2.24) is 20.1 Å². The molecule has 0 atom stereocenters. The van der Waals surface area contributed by atoms with Gasteiger partial charge in [0.25, 0.3) is 5.91 Å². The van der Waals surface area contributed by atoms with Gasteiger partial charge in [0, 0.05) is 12.5 Å². The highest BCUT2D eigenvalue weighted by molar-refractivity contribution is 5.92. The molecule has 7 nitrogen and oxygen atoms in total. The summed E-state index contributed by atoms with van der Waals surface area (Å²) in [5.74, 6) is -0.0900. The van der Waals surface area contributed by atoms with E-state index in [1.807, 2.05) is 20.8 Å². The predicted octanol–water partition coefficient (Wildman–Crippen LogP) is 0.781. The lowest BCUT2D eigenvalue weighted by atomic mass is 10.3. The number of rotatable bonds is 6. The Morgan fingerprint density at radius 1 is 1.37 bits per heavy atom. The van der Waals surface area contributed by atoms with E-state index >= 15 is 0 Å². The number of H-pyrrole nitrogens is 1. The van der Waals surface area contributed by atoms with Crippen LogP contribution in [-0.2, 0) is 16.0 Å². The summed E-state index contributed by atoms with van der Waals surface area (Å²) in [6.45, 7) is 7.48. The maximum absolute atomic E-state index is 12.2. The monoisotopic (exact) mass is 268 g/mol. The number of hydrogen-bond donors (Lipinski definition) is 1. The number of esters is 1. The Kier molecular flexibility index (Phi) is 5.47. The fourth-order valence-electron chi connectivity index (χ4n) is 1.51. The molecule has 1 N–H and O–H groups in total. The predicted molar refractivity (Wildman–Crippen MR) is 68.6 cm³/mol. The van der Waals surface area contributed by atoms with E-state index in [1.165, 1.54) is 4.90 Å². The van der Waals surface area contributed by atoms with Gasteiger partial charge in [0.2, 0.25) is 5.82 Å². The Morgan fingerprint density at radius 3 is 2.53 bits per heavy atom. The molecule has 0 aliphatic rings. The number of aryl methyl sites for hydroxylation is 1. The lowest BCUT2D eigenvalue weighted by Gasteiger charge is -2.24. The van der Waals surface area contributed by atoms with Gasteiger partial charge in [-0.1, -0.05) is 6.92 Å². The van der Waals surface area contributed by atoms with Crippen LogP contribution in [0.15, 0.2) is 0 Å². The van der Waals surface area contributed by atoms with Gasteiger partial charge in [-0.15, -0.1) is 5.10 Å². The molecule has 7 heteroatoms. The van der Waals surface area contributed by atoms with Crippen molar-refractivity contribution in [2.24, 2.45) is 0 Å². The second kappa shape index (κ2) is 6.86. The topological polar surface area (TPSA) is 88.2 Å². The molecule has 0 aliphatic heterocycles. The van der Waals surface area contributed by atoms with Crippen LogP contribution in [0.4, 0.5) is 0 Å². The number of hydrogen-bond acceptors (Lipinski definition) is 5. The summed E-state index contributed by atoms with van der Waals surface area (Å²) in [4.78, 5) is 29.2. The molecule has 1 heterocycles. The van der Waals surface area contributed by atoms with E-state index < -0.39 is 5.97 Å². The van der Waals surface area contributed by atoms with Crippen LogP contribution in [0.3, 0.4) is 0 Å². The first-order valence-corrected chi connectivity index (χ1v) is 6.37. The number of ether oxygens (including phenoxy) is 1. The van der Waals surface area contributed by atoms with Crippen molar-refractivity contribution < 1.29 is 14.3 Å². The summed E-state index contributed by atoms with van der Waals surface area (Å²) in [6, 6.07) is -0.138. The fourth-order valence-corrected chi connectivity index (χ4v) is 1.51. The van der Waals surface area contributed by atoms with Gasteiger partial charge in [-0.25, -0.2) is 4.98 Å². The smallest absolute Gasteiger partial charge is 0.325 e. The minimum atomic E-state index is -0.434. The van der Waals surface area contributed by atoms with Crippen molar-refractivity contribution in [3.8, 4) is 0 Å². The van der Waals surface area contributed by atoms with Crippen LogP contribution in [0.25, 0.3) is 0 Å². The lowest BCUT2D eigenvalue weighted by Crippen LogP contribution is -2.41. The van der Waals surface area contributed by atoms with Gasteiger partial charge < -0.3 is 9.64 Å². The standard InChI is InChI=1S/C12H20N4O3/c1-5-9-13-11(15-14-9)12(18)16(8(3)4)7-10(17)19-6-2/h8H,5-7H2,1-4H3,(H,13,14,15). The Labute approximate surface area is 112 Å². The zero-order valence-electron chi connectivity index (χ0n) is 11.8. The van der Waals surface area contributed by atoms with Crippen molar-refractivity contribution in [2.75, 3.05) is 13.2 Å². The molecule has 1 amide bonds. The van der Waals surface area contributed by atoms with Gasteiger partial charge in [-0.2, -0.15) is 0 Å². The largest absolute Gasteiger partial charge is 0.465 e. The molecule has 1 aromatic rings. The number of carbonyl (C=O) groups is 2.